The highest BCUT2D eigenvalue weighted by Crippen LogP contribution is 2.18. The summed E-state index contributed by atoms with van der Waals surface area (Å²) in [6.07, 6.45) is 2.21. The highest BCUT2D eigenvalue weighted by Gasteiger charge is 2.12. The van der Waals surface area contributed by atoms with Crippen LogP contribution in [0.25, 0.3) is 5.69 Å². The second-order valence-electron chi connectivity index (χ2n) is 6.08. The molecular weight excluding hydrogens is 338 g/mol. The van der Waals surface area contributed by atoms with Crippen LogP contribution in [0.5, 0.6) is 0 Å². The monoisotopic (exact) mass is 355 g/mol. The number of nitrogens with one attached hydrogen (secondary N) is 1. The van der Waals surface area contributed by atoms with Crippen LogP contribution in [-0.2, 0) is 6.42 Å². The second-order valence-corrected chi connectivity index (χ2v) is 6.08. The molecule has 1 aromatic heterocycles. The van der Waals surface area contributed by atoms with Gasteiger partial charge in [-0.1, -0.05) is 54.6 Å². The van der Waals surface area contributed by atoms with Crippen molar-refractivity contribution in [3.63, 3.8) is 0 Å². The molecule has 27 heavy (non-hydrogen) atoms. The Hall–Kier alpha value is -3.80. The fourth-order valence-corrected chi connectivity index (χ4v) is 2.92. The number of anilines is 1. The number of hydrogen-bond donors (Lipinski definition) is 1. The van der Waals surface area contributed by atoms with Gasteiger partial charge in [-0.3, -0.25) is 4.79 Å². The van der Waals surface area contributed by atoms with E-state index < -0.39 is 0 Å². The lowest BCUT2D eigenvalue weighted by Gasteiger charge is -2.11. The van der Waals surface area contributed by atoms with Gasteiger partial charge in [-0.05, 0) is 52.2 Å². The summed E-state index contributed by atoms with van der Waals surface area (Å²) in [5.41, 5.74) is 4.27. The summed E-state index contributed by atoms with van der Waals surface area (Å²) in [6, 6.07) is 25.2. The van der Waals surface area contributed by atoms with Gasteiger partial charge in [0.25, 0.3) is 5.91 Å². The Bertz CT molecular complexity index is 1050. The third-order valence-corrected chi connectivity index (χ3v) is 4.22. The Morgan fingerprint density at radius 3 is 2.56 bits per heavy atom. The number of nitrogens with zero attached hydrogens (tertiary/aromatic N) is 4. The molecule has 0 aliphatic carbocycles. The molecular formula is C21H17N5O. The van der Waals surface area contributed by atoms with Crippen molar-refractivity contribution in [2.45, 2.75) is 6.42 Å². The predicted octanol–water partition coefficient (Wildman–Crippen LogP) is 3.51. The van der Waals surface area contributed by atoms with Gasteiger partial charge >= 0.3 is 0 Å². The van der Waals surface area contributed by atoms with E-state index in [1.165, 1.54) is 11.9 Å². The molecule has 0 fully saturated rings. The number of carbonyl (C=O) groups excluding carboxylic acids is 1. The summed E-state index contributed by atoms with van der Waals surface area (Å²) >= 11 is 0. The molecule has 4 rings (SSSR count). The minimum Gasteiger partial charge on any atom is -0.322 e. The lowest BCUT2D eigenvalue weighted by atomic mass is 9.99. The fourth-order valence-electron chi connectivity index (χ4n) is 2.92. The van der Waals surface area contributed by atoms with Crippen molar-refractivity contribution < 1.29 is 4.79 Å². The van der Waals surface area contributed by atoms with Gasteiger partial charge in [0, 0.05) is 11.3 Å². The van der Waals surface area contributed by atoms with Crippen LogP contribution in [0.4, 0.5) is 5.69 Å². The Morgan fingerprint density at radius 1 is 0.926 bits per heavy atom. The first-order chi connectivity index (χ1) is 13.3. The Labute approximate surface area is 156 Å². The maximum Gasteiger partial charge on any atom is 0.255 e. The minimum atomic E-state index is -0.143. The van der Waals surface area contributed by atoms with Crippen molar-refractivity contribution in [2.24, 2.45) is 0 Å². The van der Waals surface area contributed by atoms with Crippen LogP contribution in [-0.4, -0.2) is 26.1 Å². The third-order valence-electron chi connectivity index (χ3n) is 4.22. The van der Waals surface area contributed by atoms with Crippen LogP contribution in [0, 0.1) is 0 Å². The van der Waals surface area contributed by atoms with Gasteiger partial charge < -0.3 is 5.32 Å². The normalized spacial score (nSPS) is 10.5. The van der Waals surface area contributed by atoms with Crippen molar-refractivity contribution in [1.82, 2.24) is 20.2 Å². The molecule has 0 radical (unpaired) electrons. The average molecular weight is 355 g/mol. The zero-order valence-electron chi connectivity index (χ0n) is 14.5. The van der Waals surface area contributed by atoms with Crippen LogP contribution in [0.1, 0.15) is 21.5 Å². The molecule has 3 aromatic carbocycles. The zero-order chi connectivity index (χ0) is 18.5. The molecule has 0 saturated carbocycles. The number of aromatic nitrogens is 4. The summed E-state index contributed by atoms with van der Waals surface area (Å²) in [7, 11) is 0. The number of rotatable bonds is 5. The molecule has 6 nitrogen and oxygen atoms in total. The maximum atomic E-state index is 12.9. The molecule has 0 aliphatic heterocycles. The van der Waals surface area contributed by atoms with Gasteiger partial charge in [0.1, 0.15) is 6.33 Å². The van der Waals surface area contributed by atoms with Crippen LogP contribution >= 0.6 is 0 Å². The standard InChI is InChI=1S/C21H17N5O/c27-21(23-18-10-6-11-19(14-18)26-15-22-24-25-26)20-12-5-4-9-17(20)13-16-7-2-1-3-8-16/h1-12,14-15H,13H2,(H,23,27). The highest BCUT2D eigenvalue weighted by molar-refractivity contribution is 6.05. The van der Waals surface area contributed by atoms with E-state index >= 15 is 0 Å². The van der Waals surface area contributed by atoms with E-state index in [1.54, 1.807) is 4.68 Å². The second kappa shape index (κ2) is 7.61. The third kappa shape index (κ3) is 3.90. The average Bonchev–Trinajstić information content (AvgIpc) is 3.24. The quantitative estimate of drug-likeness (QED) is 0.595. The molecule has 1 N–H and O–H groups in total. The van der Waals surface area contributed by atoms with Gasteiger partial charge in [-0.15, -0.1) is 5.10 Å². The molecule has 0 aliphatic rings. The summed E-state index contributed by atoms with van der Waals surface area (Å²) < 4.78 is 1.54. The smallest absolute Gasteiger partial charge is 0.255 e. The first-order valence-corrected chi connectivity index (χ1v) is 8.56. The van der Waals surface area contributed by atoms with Crippen LogP contribution in [0.3, 0.4) is 0 Å². The molecule has 0 bridgehead atoms. The van der Waals surface area contributed by atoms with Crippen LogP contribution in [0.2, 0.25) is 0 Å². The van der Waals surface area contributed by atoms with Crippen molar-refractivity contribution in [3.8, 4) is 5.69 Å². The van der Waals surface area contributed by atoms with Gasteiger partial charge in [0.15, 0.2) is 0 Å². The predicted molar refractivity (Wildman–Crippen MR) is 103 cm³/mol. The largest absolute Gasteiger partial charge is 0.322 e. The summed E-state index contributed by atoms with van der Waals surface area (Å²) in [5, 5.41) is 14.1. The molecule has 0 unspecified atom stereocenters. The van der Waals surface area contributed by atoms with Crippen LogP contribution in [0.15, 0.2) is 85.2 Å². The SMILES string of the molecule is O=C(Nc1cccc(-n2cnnn2)c1)c1ccccc1Cc1ccccc1. The topological polar surface area (TPSA) is 72.7 Å². The first kappa shape index (κ1) is 16.7. The first-order valence-electron chi connectivity index (χ1n) is 8.56. The molecule has 0 atom stereocenters. The number of benzene rings is 3. The number of hydrogen-bond acceptors (Lipinski definition) is 4. The fraction of sp³-hybridized carbons (Fsp3) is 0.0476. The van der Waals surface area contributed by atoms with Crippen molar-refractivity contribution in [3.05, 3.63) is 102 Å². The van der Waals surface area contributed by atoms with E-state index in [2.05, 4.69) is 33.0 Å². The molecule has 0 saturated heterocycles. The molecule has 6 heteroatoms. The minimum absolute atomic E-state index is 0.143. The summed E-state index contributed by atoms with van der Waals surface area (Å²) in [5.74, 6) is -0.143. The van der Waals surface area contributed by atoms with E-state index in [0.717, 1.165) is 11.3 Å². The van der Waals surface area contributed by atoms with E-state index in [4.69, 9.17) is 0 Å². The Kier molecular flexibility index (Phi) is 4.70. The van der Waals surface area contributed by atoms with E-state index in [0.29, 0.717) is 17.7 Å². The Balaban J connectivity index is 1.56. The zero-order valence-corrected chi connectivity index (χ0v) is 14.5. The molecule has 1 amide bonds. The lowest BCUT2D eigenvalue weighted by Crippen LogP contribution is -2.14. The number of carbonyl (C=O) groups is 1. The van der Waals surface area contributed by atoms with E-state index in [9.17, 15) is 4.79 Å². The van der Waals surface area contributed by atoms with Crippen molar-refractivity contribution in [2.75, 3.05) is 5.32 Å². The summed E-state index contributed by atoms with van der Waals surface area (Å²) in [4.78, 5) is 12.9. The van der Waals surface area contributed by atoms with Crippen LogP contribution < -0.4 is 5.32 Å². The van der Waals surface area contributed by atoms with E-state index in [1.807, 2.05) is 66.7 Å². The maximum absolute atomic E-state index is 12.9. The summed E-state index contributed by atoms with van der Waals surface area (Å²) in [6.45, 7) is 0. The van der Waals surface area contributed by atoms with Gasteiger partial charge in [-0.2, -0.15) is 0 Å². The van der Waals surface area contributed by atoms with Crippen molar-refractivity contribution in [1.29, 1.82) is 0 Å². The number of amides is 1. The van der Waals surface area contributed by atoms with Gasteiger partial charge in [0.2, 0.25) is 0 Å². The van der Waals surface area contributed by atoms with Crippen molar-refractivity contribution >= 4 is 11.6 Å². The van der Waals surface area contributed by atoms with Gasteiger partial charge in [-0.25, -0.2) is 4.68 Å². The molecule has 132 valence electrons. The molecule has 1 heterocycles. The molecule has 4 aromatic rings. The Morgan fingerprint density at radius 2 is 1.74 bits per heavy atom. The molecule has 0 spiro atoms. The number of tetrazole rings is 1. The van der Waals surface area contributed by atoms with Gasteiger partial charge in [0.05, 0.1) is 5.69 Å². The highest BCUT2D eigenvalue weighted by atomic mass is 16.1. The van der Waals surface area contributed by atoms with E-state index in [-0.39, 0.29) is 5.91 Å². The lowest BCUT2D eigenvalue weighted by molar-refractivity contribution is 0.102.